The Morgan fingerprint density at radius 1 is 1.19 bits per heavy atom. The maximum atomic E-state index is 12.4. The van der Waals surface area contributed by atoms with Gasteiger partial charge in [-0.05, 0) is 35.7 Å². The number of esters is 1. The van der Waals surface area contributed by atoms with Gasteiger partial charge in [0, 0.05) is 23.2 Å². The van der Waals surface area contributed by atoms with Gasteiger partial charge in [-0.3, -0.25) is 14.6 Å². The number of ether oxygens (including phenoxy) is 2. The van der Waals surface area contributed by atoms with Crippen molar-refractivity contribution in [2.24, 2.45) is 0 Å². The Kier molecular flexibility index (Phi) is 4.33. The highest BCUT2D eigenvalue weighted by Gasteiger charge is 2.28. The predicted octanol–water partition coefficient (Wildman–Crippen LogP) is 3.91. The molecule has 0 N–H and O–H groups in total. The molecule has 5 nitrogen and oxygen atoms in total. The number of hydrogen-bond donors (Lipinski definition) is 0. The smallest absolute Gasteiger partial charge is 0.316 e. The standard InChI is InChI=1S/C20H13NO4S/c22-19(12-15-5-3-9-26-15)24-14-6-7-16-17(11-14)25-18(20(16)23)10-13-4-1-2-8-21-13/h1-11H,12H2/b18-10-. The van der Waals surface area contributed by atoms with Crippen LogP contribution >= 0.6 is 11.3 Å². The summed E-state index contributed by atoms with van der Waals surface area (Å²) in [6, 6.07) is 13.9. The van der Waals surface area contributed by atoms with Crippen LogP contribution < -0.4 is 9.47 Å². The second-order valence-electron chi connectivity index (χ2n) is 5.58. The highest BCUT2D eigenvalue weighted by molar-refractivity contribution is 7.10. The summed E-state index contributed by atoms with van der Waals surface area (Å²) in [6.45, 7) is 0. The molecule has 0 aliphatic carbocycles. The van der Waals surface area contributed by atoms with Gasteiger partial charge in [0.15, 0.2) is 5.76 Å². The largest absolute Gasteiger partial charge is 0.452 e. The van der Waals surface area contributed by atoms with Gasteiger partial charge in [0.05, 0.1) is 17.7 Å². The molecular formula is C20H13NO4S. The molecule has 0 atom stereocenters. The van der Waals surface area contributed by atoms with Gasteiger partial charge in [-0.2, -0.15) is 0 Å². The number of aromatic nitrogens is 1. The van der Waals surface area contributed by atoms with Crippen LogP contribution in [0.3, 0.4) is 0 Å². The van der Waals surface area contributed by atoms with Crippen molar-refractivity contribution in [1.29, 1.82) is 0 Å². The maximum absolute atomic E-state index is 12.4. The second-order valence-corrected chi connectivity index (χ2v) is 6.61. The average molecular weight is 363 g/mol. The fourth-order valence-electron chi connectivity index (χ4n) is 2.55. The maximum Gasteiger partial charge on any atom is 0.316 e. The SMILES string of the molecule is O=C(Cc1cccs1)Oc1ccc2c(c1)O/C(=C\c1ccccn1)C2=O. The fourth-order valence-corrected chi connectivity index (χ4v) is 3.24. The first kappa shape index (κ1) is 16.2. The quantitative estimate of drug-likeness (QED) is 0.399. The summed E-state index contributed by atoms with van der Waals surface area (Å²) >= 11 is 1.50. The van der Waals surface area contributed by atoms with Gasteiger partial charge in [-0.15, -0.1) is 11.3 Å². The van der Waals surface area contributed by atoms with Gasteiger partial charge in [-0.25, -0.2) is 0 Å². The van der Waals surface area contributed by atoms with Crippen molar-refractivity contribution >= 4 is 29.2 Å². The van der Waals surface area contributed by atoms with Crippen molar-refractivity contribution in [3.63, 3.8) is 0 Å². The molecule has 0 saturated heterocycles. The zero-order valence-corrected chi connectivity index (χ0v) is 14.4. The molecule has 0 radical (unpaired) electrons. The lowest BCUT2D eigenvalue weighted by Gasteiger charge is -2.05. The van der Waals surface area contributed by atoms with E-state index < -0.39 is 0 Å². The molecule has 26 heavy (non-hydrogen) atoms. The number of hydrogen-bond acceptors (Lipinski definition) is 6. The van der Waals surface area contributed by atoms with Crippen molar-refractivity contribution in [2.45, 2.75) is 6.42 Å². The Hall–Kier alpha value is -3.25. The number of allylic oxidation sites excluding steroid dienone is 1. The summed E-state index contributed by atoms with van der Waals surface area (Å²) < 4.78 is 11.0. The van der Waals surface area contributed by atoms with Gasteiger partial charge in [0.25, 0.3) is 0 Å². The van der Waals surface area contributed by atoms with Crippen molar-refractivity contribution in [3.05, 3.63) is 82.0 Å². The van der Waals surface area contributed by atoms with Crippen LogP contribution in [0.4, 0.5) is 0 Å². The van der Waals surface area contributed by atoms with E-state index in [2.05, 4.69) is 4.98 Å². The molecule has 4 rings (SSSR count). The summed E-state index contributed by atoms with van der Waals surface area (Å²) in [6.07, 6.45) is 3.44. The minimum atomic E-state index is -0.360. The molecule has 1 aliphatic heterocycles. The number of carbonyl (C=O) groups is 2. The Labute approximate surface area is 153 Å². The molecule has 3 heterocycles. The Morgan fingerprint density at radius 3 is 2.88 bits per heavy atom. The van der Waals surface area contributed by atoms with Crippen molar-refractivity contribution < 1.29 is 19.1 Å². The molecule has 1 aliphatic rings. The molecule has 0 bridgehead atoms. The van der Waals surface area contributed by atoms with E-state index in [1.165, 1.54) is 11.3 Å². The first-order valence-electron chi connectivity index (χ1n) is 7.91. The number of rotatable bonds is 4. The molecule has 2 aromatic heterocycles. The van der Waals surface area contributed by atoms with Crippen LogP contribution in [0.15, 0.2) is 65.9 Å². The summed E-state index contributed by atoms with van der Waals surface area (Å²) in [4.78, 5) is 29.5. The first-order valence-corrected chi connectivity index (χ1v) is 8.79. The van der Waals surface area contributed by atoms with E-state index in [9.17, 15) is 9.59 Å². The highest BCUT2D eigenvalue weighted by Crippen LogP contribution is 2.34. The molecule has 0 saturated carbocycles. The summed E-state index contributed by atoms with van der Waals surface area (Å²) in [7, 11) is 0. The Morgan fingerprint density at radius 2 is 2.12 bits per heavy atom. The Balaban J connectivity index is 1.50. The normalized spacial score (nSPS) is 14.2. The van der Waals surface area contributed by atoms with Crippen molar-refractivity contribution in [1.82, 2.24) is 4.98 Å². The topological polar surface area (TPSA) is 65.5 Å². The number of fused-ring (bicyclic) bond motifs is 1. The van der Waals surface area contributed by atoms with E-state index in [1.54, 1.807) is 42.6 Å². The molecule has 0 fully saturated rings. The molecule has 128 valence electrons. The van der Waals surface area contributed by atoms with Crippen LogP contribution in [0.5, 0.6) is 11.5 Å². The van der Waals surface area contributed by atoms with Gasteiger partial charge in [0.2, 0.25) is 5.78 Å². The highest BCUT2D eigenvalue weighted by atomic mass is 32.1. The van der Waals surface area contributed by atoms with E-state index in [0.29, 0.717) is 22.8 Å². The van der Waals surface area contributed by atoms with Crippen LogP contribution in [0.2, 0.25) is 0 Å². The van der Waals surface area contributed by atoms with Gasteiger partial charge in [-0.1, -0.05) is 12.1 Å². The minimum absolute atomic E-state index is 0.195. The van der Waals surface area contributed by atoms with Crippen LogP contribution in [0.1, 0.15) is 20.9 Å². The lowest BCUT2D eigenvalue weighted by Crippen LogP contribution is -2.10. The molecule has 6 heteroatoms. The van der Waals surface area contributed by atoms with Crippen molar-refractivity contribution in [2.75, 3.05) is 0 Å². The van der Waals surface area contributed by atoms with E-state index in [1.807, 2.05) is 23.6 Å². The van der Waals surface area contributed by atoms with Crippen molar-refractivity contribution in [3.8, 4) is 11.5 Å². The average Bonchev–Trinajstić information content (AvgIpc) is 3.24. The summed E-state index contributed by atoms with van der Waals surface area (Å²) in [5, 5.41) is 1.91. The molecular weight excluding hydrogens is 350 g/mol. The minimum Gasteiger partial charge on any atom is -0.452 e. The number of carbonyl (C=O) groups excluding carboxylic acids is 2. The third kappa shape index (κ3) is 3.41. The lowest BCUT2D eigenvalue weighted by atomic mass is 10.1. The molecule has 0 amide bonds. The number of pyridine rings is 1. The van der Waals surface area contributed by atoms with E-state index >= 15 is 0 Å². The lowest BCUT2D eigenvalue weighted by molar-refractivity contribution is -0.133. The number of thiophene rings is 1. The van der Waals surface area contributed by atoms with E-state index in [0.717, 1.165) is 4.88 Å². The summed E-state index contributed by atoms with van der Waals surface area (Å²) in [5.74, 6) is 0.333. The van der Waals surface area contributed by atoms with Gasteiger partial charge in [0.1, 0.15) is 11.5 Å². The van der Waals surface area contributed by atoms with Crippen LogP contribution in [0, 0.1) is 0 Å². The number of benzene rings is 1. The third-order valence-corrected chi connectivity index (χ3v) is 4.61. The molecule has 1 aromatic carbocycles. The van der Waals surface area contributed by atoms with Crippen LogP contribution in [-0.2, 0) is 11.2 Å². The molecule has 3 aromatic rings. The Bertz CT molecular complexity index is 994. The zero-order chi connectivity index (χ0) is 17.9. The van der Waals surface area contributed by atoms with Crippen LogP contribution in [-0.4, -0.2) is 16.7 Å². The van der Waals surface area contributed by atoms with Gasteiger partial charge < -0.3 is 9.47 Å². The fraction of sp³-hybridized carbons (Fsp3) is 0.0500. The second kappa shape index (κ2) is 6.93. The van der Waals surface area contributed by atoms with E-state index in [-0.39, 0.29) is 23.9 Å². The first-order chi connectivity index (χ1) is 12.7. The third-order valence-electron chi connectivity index (χ3n) is 3.74. The predicted molar refractivity (Wildman–Crippen MR) is 97.3 cm³/mol. The van der Waals surface area contributed by atoms with Crippen LogP contribution in [0.25, 0.3) is 6.08 Å². The number of ketones is 1. The number of nitrogens with zero attached hydrogens (tertiary/aromatic N) is 1. The molecule has 0 spiro atoms. The van der Waals surface area contributed by atoms with Gasteiger partial charge >= 0.3 is 5.97 Å². The monoisotopic (exact) mass is 363 g/mol. The molecule has 0 unspecified atom stereocenters. The zero-order valence-electron chi connectivity index (χ0n) is 13.5. The number of Topliss-reactive ketones (excluding diaryl/α,β-unsaturated/α-hetero) is 1. The summed E-state index contributed by atoms with van der Waals surface area (Å²) in [5.41, 5.74) is 1.07. The van der Waals surface area contributed by atoms with E-state index in [4.69, 9.17) is 9.47 Å².